The highest BCUT2D eigenvalue weighted by molar-refractivity contribution is 5.85. The molecule has 2 bridgehead atoms. The fraction of sp³-hybridized carbons (Fsp3) is 0.333. The number of quaternary nitrogens is 1. The van der Waals surface area contributed by atoms with Crippen LogP contribution in [-0.2, 0) is 16.0 Å². The van der Waals surface area contributed by atoms with Crippen molar-refractivity contribution in [3.05, 3.63) is 89.1 Å². The molecule has 3 aliphatic heterocycles. The SMILES string of the molecule is O=C(OC1C[N+]2(C(=O)Nc3cccnn3)CCC1CC2)C1c2ccccc2Cc2ccccc21. The van der Waals surface area contributed by atoms with Crippen LogP contribution in [0.4, 0.5) is 10.6 Å². The molecule has 3 saturated heterocycles. The standard InChI is InChI=1S/C27H26N4O3/c32-26(25-21-8-3-1-6-19(21)16-20-7-2-4-9-22(20)25)34-23-17-31(14-11-18(23)12-15-31)27(33)29-24-10-5-13-28-30-24/h1-10,13,18,23,25H,11-12,14-17H2/p+1. The summed E-state index contributed by atoms with van der Waals surface area (Å²) in [5.41, 5.74) is 4.39. The third-order valence-electron chi connectivity index (χ3n) is 7.77. The van der Waals surface area contributed by atoms with E-state index in [0.29, 0.717) is 18.3 Å². The van der Waals surface area contributed by atoms with E-state index in [0.717, 1.165) is 43.5 Å². The van der Waals surface area contributed by atoms with Crippen LogP contribution in [-0.4, -0.2) is 52.4 Å². The Morgan fingerprint density at radius 3 is 2.24 bits per heavy atom. The Labute approximate surface area is 198 Å². The Morgan fingerprint density at radius 2 is 1.59 bits per heavy atom. The molecule has 0 spiro atoms. The molecular formula is C27H27N4O3+. The van der Waals surface area contributed by atoms with Crippen molar-refractivity contribution in [1.29, 1.82) is 0 Å². The molecule has 34 heavy (non-hydrogen) atoms. The van der Waals surface area contributed by atoms with Gasteiger partial charge >= 0.3 is 12.0 Å². The molecule has 4 aliphatic rings. The molecular weight excluding hydrogens is 428 g/mol. The molecule has 2 amide bonds. The highest BCUT2D eigenvalue weighted by Gasteiger charge is 2.52. The van der Waals surface area contributed by atoms with Gasteiger partial charge in [-0.25, -0.2) is 9.28 Å². The summed E-state index contributed by atoms with van der Waals surface area (Å²) < 4.78 is 6.51. The van der Waals surface area contributed by atoms with Gasteiger partial charge in [-0.2, -0.15) is 5.10 Å². The molecule has 7 rings (SSSR count). The quantitative estimate of drug-likeness (QED) is 0.479. The second-order valence-corrected chi connectivity index (χ2v) is 9.63. The number of nitrogens with one attached hydrogen (secondary N) is 1. The number of rotatable bonds is 3. The maximum atomic E-state index is 13.7. The third kappa shape index (κ3) is 3.56. The highest BCUT2D eigenvalue weighted by Crippen LogP contribution is 2.40. The van der Waals surface area contributed by atoms with Crippen molar-refractivity contribution in [3.63, 3.8) is 0 Å². The summed E-state index contributed by atoms with van der Waals surface area (Å²) >= 11 is 0. The third-order valence-corrected chi connectivity index (χ3v) is 7.77. The van der Waals surface area contributed by atoms with Crippen molar-refractivity contribution in [2.75, 3.05) is 25.0 Å². The first-order valence-corrected chi connectivity index (χ1v) is 11.9. The first-order chi connectivity index (χ1) is 16.6. The largest absolute Gasteiger partial charge is 0.455 e. The molecule has 0 saturated carbocycles. The van der Waals surface area contributed by atoms with E-state index < -0.39 is 5.92 Å². The second kappa shape index (κ2) is 8.33. The Morgan fingerprint density at radius 1 is 0.912 bits per heavy atom. The molecule has 2 aromatic carbocycles. The summed E-state index contributed by atoms with van der Waals surface area (Å²) in [6.07, 6.45) is 3.85. The smallest absolute Gasteiger partial charge is 0.422 e. The van der Waals surface area contributed by atoms with E-state index in [4.69, 9.17) is 4.74 Å². The number of hydrogen-bond acceptors (Lipinski definition) is 5. The van der Waals surface area contributed by atoms with Crippen LogP contribution in [0, 0.1) is 5.92 Å². The van der Waals surface area contributed by atoms with Crippen LogP contribution in [0.5, 0.6) is 0 Å². The minimum Gasteiger partial charge on any atom is -0.455 e. The van der Waals surface area contributed by atoms with Crippen molar-refractivity contribution in [3.8, 4) is 0 Å². The minimum absolute atomic E-state index is 0.104. The normalized spacial score (nSPS) is 25.2. The van der Waals surface area contributed by atoms with E-state index in [1.165, 1.54) is 11.1 Å². The van der Waals surface area contributed by atoms with E-state index >= 15 is 0 Å². The number of carbonyl (C=O) groups is 2. The van der Waals surface area contributed by atoms with E-state index in [1.54, 1.807) is 18.3 Å². The summed E-state index contributed by atoms with van der Waals surface area (Å²) in [5.74, 6) is 0.0864. The van der Waals surface area contributed by atoms with Gasteiger partial charge in [-0.1, -0.05) is 48.5 Å². The number of esters is 1. The van der Waals surface area contributed by atoms with Gasteiger partial charge in [-0.15, -0.1) is 5.10 Å². The van der Waals surface area contributed by atoms with Crippen LogP contribution >= 0.6 is 0 Å². The number of urea groups is 1. The average Bonchev–Trinajstić information content (AvgIpc) is 2.88. The molecule has 172 valence electrons. The Balaban J connectivity index is 1.24. The molecule has 1 atom stereocenters. The number of nitrogens with zero attached hydrogens (tertiary/aromatic N) is 3. The van der Waals surface area contributed by atoms with Gasteiger partial charge in [0.2, 0.25) is 0 Å². The Bertz CT molecular complexity index is 1190. The monoisotopic (exact) mass is 455 g/mol. The van der Waals surface area contributed by atoms with Gasteiger partial charge < -0.3 is 4.74 Å². The zero-order chi connectivity index (χ0) is 23.1. The van der Waals surface area contributed by atoms with Crippen LogP contribution in [0.2, 0.25) is 0 Å². The van der Waals surface area contributed by atoms with Crippen molar-refractivity contribution >= 4 is 17.8 Å². The number of ether oxygens (including phenoxy) is 1. The number of hydrogen-bond donors (Lipinski definition) is 1. The minimum atomic E-state index is -0.432. The molecule has 1 unspecified atom stereocenters. The summed E-state index contributed by atoms with van der Waals surface area (Å²) in [5, 5.41) is 10.7. The lowest BCUT2D eigenvalue weighted by Gasteiger charge is -2.49. The lowest BCUT2D eigenvalue weighted by Crippen LogP contribution is -2.68. The van der Waals surface area contributed by atoms with Crippen molar-refractivity contribution < 1.29 is 18.8 Å². The van der Waals surface area contributed by atoms with Gasteiger partial charge in [-0.05, 0) is 40.8 Å². The Hall–Kier alpha value is -3.58. The van der Waals surface area contributed by atoms with E-state index in [-0.39, 0.29) is 22.6 Å². The molecule has 3 aromatic rings. The van der Waals surface area contributed by atoms with Crippen LogP contribution < -0.4 is 5.32 Å². The highest BCUT2D eigenvalue weighted by atomic mass is 16.5. The summed E-state index contributed by atoms with van der Waals surface area (Å²) in [4.78, 5) is 26.9. The van der Waals surface area contributed by atoms with Gasteiger partial charge in [0.25, 0.3) is 0 Å². The van der Waals surface area contributed by atoms with Gasteiger partial charge in [0, 0.05) is 25.0 Å². The number of carbonyl (C=O) groups excluding carboxylic acids is 2. The number of anilines is 1. The number of amides is 2. The summed E-state index contributed by atoms with van der Waals surface area (Å²) in [7, 11) is 0. The number of fused-ring (bicyclic) bond motifs is 5. The molecule has 1 aromatic heterocycles. The molecule has 0 radical (unpaired) electrons. The van der Waals surface area contributed by atoms with Crippen molar-refractivity contribution in [2.24, 2.45) is 5.92 Å². The topological polar surface area (TPSA) is 81.2 Å². The van der Waals surface area contributed by atoms with Crippen LogP contribution in [0.25, 0.3) is 0 Å². The predicted molar refractivity (Wildman–Crippen MR) is 126 cm³/mol. The second-order valence-electron chi connectivity index (χ2n) is 9.63. The van der Waals surface area contributed by atoms with Crippen LogP contribution in [0.15, 0.2) is 66.9 Å². The molecule has 7 nitrogen and oxygen atoms in total. The molecule has 3 fully saturated rings. The molecule has 1 N–H and O–H groups in total. The fourth-order valence-corrected chi connectivity index (χ4v) is 5.94. The predicted octanol–water partition coefficient (Wildman–Crippen LogP) is 3.90. The summed E-state index contributed by atoms with van der Waals surface area (Å²) in [6.45, 7) is 2.00. The van der Waals surface area contributed by atoms with Gasteiger partial charge in [0.15, 0.2) is 11.9 Å². The first-order valence-electron chi connectivity index (χ1n) is 11.9. The molecule has 4 heterocycles. The first kappa shape index (κ1) is 21.0. The zero-order valence-corrected chi connectivity index (χ0v) is 18.9. The molecule has 7 heteroatoms. The number of aromatic nitrogens is 2. The average molecular weight is 456 g/mol. The van der Waals surface area contributed by atoms with Crippen LogP contribution in [0.3, 0.4) is 0 Å². The van der Waals surface area contributed by atoms with E-state index in [1.807, 2.05) is 36.4 Å². The summed E-state index contributed by atoms with van der Waals surface area (Å²) in [6, 6.07) is 19.6. The maximum absolute atomic E-state index is 13.7. The fourth-order valence-electron chi connectivity index (χ4n) is 5.94. The van der Waals surface area contributed by atoms with E-state index in [9.17, 15) is 9.59 Å². The van der Waals surface area contributed by atoms with Gasteiger partial charge in [0.1, 0.15) is 12.5 Å². The van der Waals surface area contributed by atoms with Gasteiger partial charge in [-0.3, -0.25) is 10.1 Å². The lowest BCUT2D eigenvalue weighted by molar-refractivity contribution is -0.869. The lowest BCUT2D eigenvalue weighted by atomic mass is 9.78. The van der Waals surface area contributed by atoms with Crippen molar-refractivity contribution in [2.45, 2.75) is 31.3 Å². The number of piperidine rings is 3. The maximum Gasteiger partial charge on any atom is 0.422 e. The molecule has 1 aliphatic carbocycles. The van der Waals surface area contributed by atoms with E-state index in [2.05, 4.69) is 27.6 Å². The number of benzene rings is 2. The van der Waals surface area contributed by atoms with Gasteiger partial charge in [0.05, 0.1) is 13.1 Å². The van der Waals surface area contributed by atoms with Crippen molar-refractivity contribution in [1.82, 2.24) is 10.2 Å². The Kier molecular flexibility index (Phi) is 5.14. The zero-order valence-electron chi connectivity index (χ0n) is 18.9. The van der Waals surface area contributed by atoms with Crippen LogP contribution in [0.1, 0.15) is 41.0 Å².